The van der Waals surface area contributed by atoms with Gasteiger partial charge in [0.25, 0.3) is 5.91 Å². The third-order valence-corrected chi connectivity index (χ3v) is 8.49. The molecule has 1 amide bonds. The molecular formula is C33H36N6O2. The van der Waals surface area contributed by atoms with Crippen molar-refractivity contribution in [2.24, 2.45) is 5.92 Å². The molecule has 6 rings (SSSR count). The highest BCUT2D eigenvalue weighted by molar-refractivity contribution is 5.99. The van der Waals surface area contributed by atoms with Gasteiger partial charge in [-0.2, -0.15) is 5.26 Å². The Labute approximate surface area is 241 Å². The second-order valence-electron chi connectivity index (χ2n) is 11.4. The van der Waals surface area contributed by atoms with Crippen LogP contribution in [0.15, 0.2) is 66.9 Å². The number of aromatic nitrogens is 1. The quantitative estimate of drug-likeness (QED) is 0.421. The number of piperazine rings is 1. The van der Waals surface area contributed by atoms with Gasteiger partial charge in [0.2, 0.25) is 0 Å². The average Bonchev–Trinajstić information content (AvgIpc) is 3.88. The molecule has 2 aromatic carbocycles. The van der Waals surface area contributed by atoms with E-state index in [0.29, 0.717) is 11.1 Å². The van der Waals surface area contributed by atoms with Gasteiger partial charge in [-0.3, -0.25) is 14.5 Å². The van der Waals surface area contributed by atoms with Gasteiger partial charge in [0, 0.05) is 75.2 Å². The first kappa shape index (κ1) is 27.0. The van der Waals surface area contributed by atoms with Crippen molar-refractivity contribution in [3.05, 3.63) is 89.1 Å². The Morgan fingerprint density at radius 1 is 0.805 bits per heavy atom. The van der Waals surface area contributed by atoms with Crippen molar-refractivity contribution in [1.82, 2.24) is 15.2 Å². The highest BCUT2D eigenvalue weighted by Crippen LogP contribution is 2.33. The largest absolute Gasteiger partial charge is 0.368 e. The summed E-state index contributed by atoms with van der Waals surface area (Å²) in [5, 5.41) is 12.2. The summed E-state index contributed by atoms with van der Waals surface area (Å²) in [6.07, 6.45) is 5.58. The van der Waals surface area contributed by atoms with Crippen molar-refractivity contribution in [3.8, 4) is 6.07 Å². The van der Waals surface area contributed by atoms with Crippen molar-refractivity contribution >= 4 is 23.2 Å². The zero-order valence-corrected chi connectivity index (χ0v) is 23.3. The first-order valence-corrected chi connectivity index (χ1v) is 14.7. The van der Waals surface area contributed by atoms with Crippen LogP contribution >= 0.6 is 0 Å². The van der Waals surface area contributed by atoms with Crippen LogP contribution < -0.4 is 15.1 Å². The molecular weight excluding hydrogens is 512 g/mol. The summed E-state index contributed by atoms with van der Waals surface area (Å²) in [5.74, 6) is 1.36. The van der Waals surface area contributed by atoms with E-state index >= 15 is 0 Å². The fraction of sp³-hybridized carbons (Fsp3) is 0.394. The number of pyridine rings is 1. The lowest BCUT2D eigenvalue weighted by Gasteiger charge is -2.36. The summed E-state index contributed by atoms with van der Waals surface area (Å²) in [7, 11) is 0. The van der Waals surface area contributed by atoms with E-state index in [1.807, 2.05) is 48.5 Å². The van der Waals surface area contributed by atoms with Crippen molar-refractivity contribution in [3.63, 3.8) is 0 Å². The molecule has 1 aliphatic carbocycles. The van der Waals surface area contributed by atoms with Crippen molar-refractivity contribution in [2.75, 3.05) is 49.1 Å². The lowest BCUT2D eigenvalue weighted by Crippen LogP contribution is -2.47. The molecule has 3 heterocycles. The molecule has 3 aromatic rings. The Morgan fingerprint density at radius 2 is 1.46 bits per heavy atom. The molecule has 8 nitrogen and oxygen atoms in total. The lowest BCUT2D eigenvalue weighted by atomic mass is 10.0. The van der Waals surface area contributed by atoms with Crippen LogP contribution in [0.3, 0.4) is 0 Å². The van der Waals surface area contributed by atoms with Crippen molar-refractivity contribution in [1.29, 1.82) is 5.26 Å². The number of benzene rings is 2. The SMILES string of the molecule is N#Cc1ccc(CN2CCC(NC(=O)c3ccc(N4CCN(c5ccc(C(=O)C6CC6)cc5)CC4)nc3)CC2)cc1. The first-order valence-electron chi connectivity index (χ1n) is 14.7. The third-order valence-electron chi connectivity index (χ3n) is 8.49. The third kappa shape index (κ3) is 6.58. The molecule has 3 aliphatic rings. The molecule has 2 aliphatic heterocycles. The van der Waals surface area contributed by atoms with Gasteiger partial charge in [-0.1, -0.05) is 12.1 Å². The minimum atomic E-state index is -0.0666. The van der Waals surface area contributed by atoms with Crippen LogP contribution in [0, 0.1) is 17.2 Å². The summed E-state index contributed by atoms with van der Waals surface area (Å²) >= 11 is 0. The van der Waals surface area contributed by atoms with Crippen LogP contribution in [0.5, 0.6) is 0 Å². The molecule has 1 N–H and O–H groups in total. The molecule has 0 unspecified atom stereocenters. The Hall–Kier alpha value is -4.22. The monoisotopic (exact) mass is 548 g/mol. The fourth-order valence-electron chi connectivity index (χ4n) is 5.77. The van der Waals surface area contributed by atoms with Gasteiger partial charge >= 0.3 is 0 Å². The van der Waals surface area contributed by atoms with E-state index in [2.05, 4.69) is 43.2 Å². The number of nitriles is 1. The average molecular weight is 549 g/mol. The Balaban J connectivity index is 0.945. The van der Waals surface area contributed by atoms with Crippen molar-refractivity contribution in [2.45, 2.75) is 38.3 Å². The standard InChI is InChI=1S/C33H36N6O2/c34-21-24-1-3-25(4-2-24)23-37-15-13-29(14-16-37)36-33(41)28-9-12-31(35-22-28)39-19-17-38(18-20-39)30-10-7-27(8-11-30)32(40)26-5-6-26/h1-4,7-12,22,26,29H,5-6,13-20,23H2,(H,36,41). The van der Waals surface area contributed by atoms with Gasteiger partial charge < -0.3 is 15.1 Å². The number of amides is 1. The molecule has 2 saturated heterocycles. The number of nitrogens with one attached hydrogen (secondary N) is 1. The highest BCUT2D eigenvalue weighted by Gasteiger charge is 2.30. The summed E-state index contributed by atoms with van der Waals surface area (Å²) < 4.78 is 0. The Kier molecular flexibility index (Phi) is 7.97. The first-order chi connectivity index (χ1) is 20.1. The maximum Gasteiger partial charge on any atom is 0.253 e. The molecule has 1 aromatic heterocycles. The number of carbonyl (C=O) groups is 2. The van der Waals surface area contributed by atoms with Gasteiger partial charge in [0.15, 0.2) is 5.78 Å². The molecule has 3 fully saturated rings. The zero-order chi connectivity index (χ0) is 28.2. The molecule has 0 atom stereocenters. The van der Waals surface area contributed by atoms with E-state index in [1.54, 1.807) is 6.20 Å². The smallest absolute Gasteiger partial charge is 0.253 e. The molecule has 8 heteroatoms. The summed E-state index contributed by atoms with van der Waals surface area (Å²) in [6.45, 7) is 6.17. The van der Waals surface area contributed by atoms with E-state index in [4.69, 9.17) is 5.26 Å². The summed E-state index contributed by atoms with van der Waals surface area (Å²) in [5.41, 5.74) is 4.45. The zero-order valence-electron chi connectivity index (χ0n) is 23.3. The van der Waals surface area contributed by atoms with E-state index in [0.717, 1.165) is 88.6 Å². The maximum absolute atomic E-state index is 12.9. The maximum atomic E-state index is 12.9. The molecule has 0 bridgehead atoms. The van der Waals surface area contributed by atoms with Crippen LogP contribution in [-0.4, -0.2) is 66.9 Å². The predicted octanol–water partition coefficient (Wildman–Crippen LogP) is 4.27. The van der Waals surface area contributed by atoms with Gasteiger partial charge in [-0.05, 0) is 79.8 Å². The number of nitrogens with zero attached hydrogens (tertiary/aromatic N) is 5. The van der Waals surface area contributed by atoms with E-state index in [1.165, 1.54) is 5.56 Å². The molecule has 0 spiro atoms. The van der Waals surface area contributed by atoms with Crippen molar-refractivity contribution < 1.29 is 9.59 Å². The molecule has 1 saturated carbocycles. The number of ketones is 1. The Bertz CT molecular complexity index is 1390. The van der Waals surface area contributed by atoms with Gasteiger partial charge in [-0.15, -0.1) is 0 Å². The highest BCUT2D eigenvalue weighted by atomic mass is 16.1. The number of Topliss-reactive ketones (excluding diaryl/α,β-unsaturated/α-hetero) is 1. The van der Waals surface area contributed by atoms with Crippen LogP contribution in [0.25, 0.3) is 0 Å². The van der Waals surface area contributed by atoms with E-state index in [9.17, 15) is 9.59 Å². The van der Waals surface area contributed by atoms with E-state index < -0.39 is 0 Å². The van der Waals surface area contributed by atoms with E-state index in [-0.39, 0.29) is 23.7 Å². The van der Waals surface area contributed by atoms with Crippen LogP contribution in [0.1, 0.15) is 57.5 Å². The Morgan fingerprint density at radius 3 is 2.07 bits per heavy atom. The summed E-state index contributed by atoms with van der Waals surface area (Å²) in [4.78, 5) is 36.8. The number of anilines is 2. The number of likely N-dealkylation sites (tertiary alicyclic amines) is 1. The predicted molar refractivity (Wildman–Crippen MR) is 159 cm³/mol. The molecule has 210 valence electrons. The molecule has 0 radical (unpaired) electrons. The van der Waals surface area contributed by atoms with Gasteiger partial charge in [-0.25, -0.2) is 4.98 Å². The number of piperidine rings is 1. The van der Waals surface area contributed by atoms with Crippen LogP contribution in [-0.2, 0) is 6.54 Å². The van der Waals surface area contributed by atoms with Crippen LogP contribution in [0.4, 0.5) is 11.5 Å². The summed E-state index contributed by atoms with van der Waals surface area (Å²) in [6, 6.07) is 22.0. The van der Waals surface area contributed by atoms with Gasteiger partial charge in [0.05, 0.1) is 17.2 Å². The van der Waals surface area contributed by atoms with Crippen LogP contribution in [0.2, 0.25) is 0 Å². The fourth-order valence-corrected chi connectivity index (χ4v) is 5.77. The minimum Gasteiger partial charge on any atom is -0.368 e. The number of rotatable bonds is 8. The molecule has 41 heavy (non-hydrogen) atoms. The van der Waals surface area contributed by atoms with Gasteiger partial charge in [0.1, 0.15) is 5.82 Å². The number of hydrogen-bond acceptors (Lipinski definition) is 7. The minimum absolute atomic E-state index is 0.0666. The second-order valence-corrected chi connectivity index (χ2v) is 11.4. The number of hydrogen-bond donors (Lipinski definition) is 1. The normalized spacial score (nSPS) is 18.1. The number of carbonyl (C=O) groups excluding carboxylic acids is 2. The topological polar surface area (TPSA) is 92.6 Å². The lowest BCUT2D eigenvalue weighted by molar-refractivity contribution is 0.0907. The second kappa shape index (κ2) is 12.1.